The molecule has 0 aliphatic heterocycles. The van der Waals surface area contributed by atoms with Crippen molar-refractivity contribution in [1.29, 1.82) is 0 Å². The van der Waals surface area contributed by atoms with E-state index in [0.29, 0.717) is 5.75 Å². The van der Waals surface area contributed by atoms with E-state index in [2.05, 4.69) is 12.2 Å². The lowest BCUT2D eigenvalue weighted by Crippen LogP contribution is -2.21. The monoisotopic (exact) mass is 267 g/mol. The Balaban J connectivity index is 2.38. The minimum Gasteiger partial charge on any atom is -0.508 e. The third-order valence-electron chi connectivity index (χ3n) is 2.97. The van der Waals surface area contributed by atoms with Crippen molar-refractivity contribution in [1.82, 2.24) is 5.32 Å². The number of rotatable bonds is 9. The number of phenols is 1. The van der Waals surface area contributed by atoms with Crippen molar-refractivity contribution in [3.63, 3.8) is 0 Å². The van der Waals surface area contributed by atoms with E-state index in [1.807, 2.05) is 13.0 Å². The third kappa shape index (κ3) is 5.49. The minimum atomic E-state index is 0.0845. The first-order valence-corrected chi connectivity index (χ1v) is 6.87. The van der Waals surface area contributed by atoms with E-state index in [-0.39, 0.29) is 6.04 Å². The molecule has 0 aromatic heterocycles. The van der Waals surface area contributed by atoms with Gasteiger partial charge in [-0.15, -0.1) is 0 Å². The molecule has 1 unspecified atom stereocenters. The zero-order valence-corrected chi connectivity index (χ0v) is 12.1. The van der Waals surface area contributed by atoms with Crippen LogP contribution in [0.5, 0.6) is 11.5 Å². The van der Waals surface area contributed by atoms with Crippen LogP contribution in [-0.4, -0.2) is 32.0 Å². The number of aromatic hydroxyl groups is 1. The van der Waals surface area contributed by atoms with Crippen LogP contribution in [0.15, 0.2) is 18.2 Å². The Bertz CT molecular complexity index is 368. The van der Waals surface area contributed by atoms with Crippen molar-refractivity contribution in [3.8, 4) is 11.5 Å². The highest BCUT2D eigenvalue weighted by Crippen LogP contribution is 2.28. The standard InChI is InChI=1S/C15H25NO3/c1-4-9-19-10-5-8-16-12(2)14-11-13(18-3)6-7-15(14)17/h6-7,11-12,16-17H,4-5,8-10H2,1-3H3. The van der Waals surface area contributed by atoms with Crippen molar-refractivity contribution in [2.45, 2.75) is 32.7 Å². The van der Waals surface area contributed by atoms with Gasteiger partial charge in [-0.25, -0.2) is 0 Å². The Morgan fingerprint density at radius 3 is 2.79 bits per heavy atom. The first kappa shape index (κ1) is 15.8. The predicted octanol–water partition coefficient (Wildman–Crippen LogP) is 2.87. The van der Waals surface area contributed by atoms with Gasteiger partial charge in [-0.1, -0.05) is 6.92 Å². The molecule has 0 heterocycles. The molecule has 4 heteroatoms. The summed E-state index contributed by atoms with van der Waals surface area (Å²) in [6.45, 7) is 6.60. The number of ether oxygens (including phenoxy) is 2. The lowest BCUT2D eigenvalue weighted by molar-refractivity contribution is 0.131. The highest BCUT2D eigenvalue weighted by Gasteiger charge is 2.10. The molecule has 0 fully saturated rings. The van der Waals surface area contributed by atoms with Crippen LogP contribution in [0.25, 0.3) is 0 Å². The average Bonchev–Trinajstić information content (AvgIpc) is 2.43. The van der Waals surface area contributed by atoms with Crippen LogP contribution >= 0.6 is 0 Å². The molecule has 1 rings (SSSR count). The van der Waals surface area contributed by atoms with E-state index in [4.69, 9.17) is 9.47 Å². The number of methoxy groups -OCH3 is 1. The quantitative estimate of drug-likeness (QED) is 0.675. The van der Waals surface area contributed by atoms with Gasteiger partial charge in [0.1, 0.15) is 11.5 Å². The fourth-order valence-corrected chi connectivity index (χ4v) is 1.86. The summed E-state index contributed by atoms with van der Waals surface area (Å²) in [6, 6.07) is 5.36. The largest absolute Gasteiger partial charge is 0.508 e. The maximum absolute atomic E-state index is 9.85. The van der Waals surface area contributed by atoms with Gasteiger partial charge < -0.3 is 19.9 Å². The summed E-state index contributed by atoms with van der Waals surface area (Å²) in [5.41, 5.74) is 0.855. The van der Waals surface area contributed by atoms with Gasteiger partial charge in [0.2, 0.25) is 0 Å². The van der Waals surface area contributed by atoms with Gasteiger partial charge in [-0.3, -0.25) is 0 Å². The molecule has 0 spiro atoms. The topological polar surface area (TPSA) is 50.7 Å². The van der Waals surface area contributed by atoms with Crippen LogP contribution in [0.1, 0.15) is 38.3 Å². The van der Waals surface area contributed by atoms with E-state index >= 15 is 0 Å². The van der Waals surface area contributed by atoms with E-state index in [9.17, 15) is 5.11 Å². The van der Waals surface area contributed by atoms with Gasteiger partial charge >= 0.3 is 0 Å². The maximum atomic E-state index is 9.85. The molecule has 1 atom stereocenters. The molecule has 0 amide bonds. The van der Waals surface area contributed by atoms with Gasteiger partial charge in [-0.05, 0) is 44.5 Å². The maximum Gasteiger partial charge on any atom is 0.120 e. The van der Waals surface area contributed by atoms with E-state index in [1.165, 1.54) is 0 Å². The van der Waals surface area contributed by atoms with Crippen LogP contribution in [0.4, 0.5) is 0 Å². The second-order valence-electron chi connectivity index (χ2n) is 4.57. The molecule has 0 aliphatic carbocycles. The van der Waals surface area contributed by atoms with Crippen molar-refractivity contribution in [3.05, 3.63) is 23.8 Å². The van der Waals surface area contributed by atoms with Crippen LogP contribution in [0, 0.1) is 0 Å². The lowest BCUT2D eigenvalue weighted by atomic mass is 10.1. The lowest BCUT2D eigenvalue weighted by Gasteiger charge is -2.16. The van der Waals surface area contributed by atoms with Crippen LogP contribution < -0.4 is 10.1 Å². The molecule has 19 heavy (non-hydrogen) atoms. The Morgan fingerprint density at radius 1 is 1.32 bits per heavy atom. The van der Waals surface area contributed by atoms with Crippen LogP contribution in [-0.2, 0) is 4.74 Å². The third-order valence-corrected chi connectivity index (χ3v) is 2.97. The number of hydrogen-bond acceptors (Lipinski definition) is 4. The molecule has 0 saturated carbocycles. The Kier molecular flexibility index (Phi) is 7.30. The smallest absolute Gasteiger partial charge is 0.120 e. The van der Waals surface area contributed by atoms with Crippen LogP contribution in [0.3, 0.4) is 0 Å². The van der Waals surface area contributed by atoms with E-state index in [1.54, 1.807) is 19.2 Å². The molecule has 0 bridgehead atoms. The van der Waals surface area contributed by atoms with Crippen molar-refractivity contribution >= 4 is 0 Å². The first-order valence-electron chi connectivity index (χ1n) is 6.87. The summed E-state index contributed by atoms with van der Waals surface area (Å²) in [7, 11) is 1.62. The van der Waals surface area contributed by atoms with Crippen molar-refractivity contribution in [2.75, 3.05) is 26.9 Å². The normalized spacial score (nSPS) is 12.4. The molecule has 0 saturated heterocycles. The number of nitrogens with one attached hydrogen (secondary N) is 1. The van der Waals surface area contributed by atoms with E-state index in [0.717, 1.165) is 43.9 Å². The summed E-state index contributed by atoms with van der Waals surface area (Å²) in [6.07, 6.45) is 2.02. The van der Waals surface area contributed by atoms with Gasteiger partial charge in [0.15, 0.2) is 0 Å². The van der Waals surface area contributed by atoms with Crippen molar-refractivity contribution in [2.24, 2.45) is 0 Å². The Labute approximate surface area is 115 Å². The molecule has 108 valence electrons. The fourth-order valence-electron chi connectivity index (χ4n) is 1.86. The van der Waals surface area contributed by atoms with Crippen molar-refractivity contribution < 1.29 is 14.6 Å². The predicted molar refractivity (Wildman–Crippen MR) is 76.8 cm³/mol. The Hall–Kier alpha value is -1.26. The van der Waals surface area contributed by atoms with E-state index < -0.39 is 0 Å². The number of hydrogen-bond donors (Lipinski definition) is 2. The zero-order chi connectivity index (χ0) is 14.1. The van der Waals surface area contributed by atoms with Gasteiger partial charge in [0.05, 0.1) is 7.11 Å². The molecular formula is C15H25NO3. The highest BCUT2D eigenvalue weighted by atomic mass is 16.5. The molecule has 1 aromatic carbocycles. The molecule has 2 N–H and O–H groups in total. The summed E-state index contributed by atoms with van der Waals surface area (Å²) < 4.78 is 10.6. The number of phenolic OH excluding ortho intramolecular Hbond substituents is 1. The average molecular weight is 267 g/mol. The van der Waals surface area contributed by atoms with Crippen LogP contribution in [0.2, 0.25) is 0 Å². The summed E-state index contributed by atoms with van der Waals surface area (Å²) in [5, 5.41) is 13.2. The van der Waals surface area contributed by atoms with Gasteiger partial charge in [0, 0.05) is 24.8 Å². The fraction of sp³-hybridized carbons (Fsp3) is 0.600. The molecule has 4 nitrogen and oxygen atoms in total. The Morgan fingerprint density at radius 2 is 2.11 bits per heavy atom. The molecular weight excluding hydrogens is 242 g/mol. The van der Waals surface area contributed by atoms with Gasteiger partial charge in [-0.2, -0.15) is 0 Å². The molecule has 0 aliphatic rings. The summed E-state index contributed by atoms with van der Waals surface area (Å²) in [5.74, 6) is 1.05. The summed E-state index contributed by atoms with van der Waals surface area (Å²) in [4.78, 5) is 0. The molecule has 0 radical (unpaired) electrons. The number of benzene rings is 1. The first-order chi connectivity index (χ1) is 9.19. The summed E-state index contributed by atoms with van der Waals surface area (Å²) >= 11 is 0. The van der Waals surface area contributed by atoms with Gasteiger partial charge in [0.25, 0.3) is 0 Å². The molecule has 1 aromatic rings. The minimum absolute atomic E-state index is 0.0845. The second kappa shape index (κ2) is 8.77. The zero-order valence-electron chi connectivity index (χ0n) is 12.1. The second-order valence-corrected chi connectivity index (χ2v) is 4.57. The highest BCUT2D eigenvalue weighted by molar-refractivity contribution is 5.41. The SMILES string of the molecule is CCCOCCCNC(C)c1cc(OC)ccc1O.